The fourth-order valence-corrected chi connectivity index (χ4v) is 1.89. The van der Waals surface area contributed by atoms with Crippen molar-refractivity contribution in [3.8, 4) is 0 Å². The second-order valence-electron chi connectivity index (χ2n) is 4.42. The molecule has 0 aromatic heterocycles. The summed E-state index contributed by atoms with van der Waals surface area (Å²) in [7, 11) is 1.10. The lowest BCUT2D eigenvalue weighted by molar-refractivity contribution is 0.114. The Morgan fingerprint density at radius 3 is 2.67 bits per heavy atom. The van der Waals surface area contributed by atoms with Gasteiger partial charge in [-0.15, -0.1) is 0 Å². The highest BCUT2D eigenvalue weighted by molar-refractivity contribution is 5.71. The fraction of sp³-hybridized carbons (Fsp3) is 0.429. The van der Waals surface area contributed by atoms with Crippen molar-refractivity contribution in [1.82, 2.24) is 0 Å². The first-order valence-electron chi connectivity index (χ1n) is 5.92. The van der Waals surface area contributed by atoms with Crippen LogP contribution < -0.4 is 0 Å². The molecule has 18 heavy (non-hydrogen) atoms. The highest BCUT2D eigenvalue weighted by Gasteiger charge is 2.28. The first-order valence-corrected chi connectivity index (χ1v) is 5.92. The van der Waals surface area contributed by atoms with Crippen LogP contribution in [0.15, 0.2) is 29.3 Å². The van der Waals surface area contributed by atoms with E-state index in [0.29, 0.717) is 5.41 Å². The smallest absolute Gasteiger partial charge is 0.450 e. The van der Waals surface area contributed by atoms with Gasteiger partial charge in [-0.05, 0) is 29.9 Å². The minimum atomic E-state index is -1.25. The summed E-state index contributed by atoms with van der Waals surface area (Å²) in [5, 5.41) is 7.50. The second kappa shape index (κ2) is 6.19. The summed E-state index contributed by atoms with van der Waals surface area (Å²) in [6.45, 7) is 4.56. The van der Waals surface area contributed by atoms with Crippen molar-refractivity contribution in [1.29, 1.82) is 0 Å². The third-order valence-electron chi connectivity index (χ3n) is 3.28. The van der Waals surface area contributed by atoms with Gasteiger partial charge in [-0.25, -0.2) is 4.79 Å². The summed E-state index contributed by atoms with van der Waals surface area (Å²) in [5.74, 6) is 0. The first kappa shape index (κ1) is 14.2. The molecule has 0 amide bonds. The molecule has 1 aliphatic heterocycles. The van der Waals surface area contributed by atoms with E-state index in [9.17, 15) is 0 Å². The lowest BCUT2D eigenvalue weighted by Crippen LogP contribution is -2.23. The van der Waals surface area contributed by atoms with E-state index in [2.05, 4.69) is 47.8 Å². The van der Waals surface area contributed by atoms with Gasteiger partial charge in [-0.2, -0.15) is 0 Å². The topological polar surface area (TPSA) is 58.9 Å². The van der Waals surface area contributed by atoms with E-state index in [0.717, 1.165) is 19.2 Å². The van der Waals surface area contributed by atoms with Crippen molar-refractivity contribution in [2.75, 3.05) is 7.11 Å². The maximum atomic E-state index is 9.15. The van der Waals surface area contributed by atoms with Gasteiger partial charge in [0.15, 0.2) is 0 Å². The Labute approximate surface area is 107 Å². The van der Waals surface area contributed by atoms with Crippen molar-refractivity contribution >= 4 is 18.1 Å². The number of hydrogen-bond acceptors (Lipinski definition) is 3. The molecule has 1 aromatic carbocycles. The van der Waals surface area contributed by atoms with Gasteiger partial charge in [-0.3, -0.25) is 4.99 Å². The zero-order valence-electron chi connectivity index (χ0n) is 11.0. The number of carboxylic acid groups (broad SMARTS) is 1. The normalized spacial score (nSPS) is 20.4. The zero-order chi connectivity index (χ0) is 13.6. The molecule has 4 heteroatoms. The van der Waals surface area contributed by atoms with Crippen LogP contribution in [0.4, 0.5) is 10.5 Å². The predicted octanol–water partition coefficient (Wildman–Crippen LogP) is 3.77. The molecule has 0 aliphatic carbocycles. The van der Waals surface area contributed by atoms with Crippen LogP contribution in [-0.2, 0) is 10.2 Å². The zero-order valence-corrected chi connectivity index (χ0v) is 11.0. The average molecular weight is 249 g/mol. The van der Waals surface area contributed by atoms with Crippen molar-refractivity contribution in [2.24, 2.45) is 4.99 Å². The molecule has 0 radical (unpaired) electrons. The van der Waals surface area contributed by atoms with Gasteiger partial charge >= 0.3 is 6.16 Å². The van der Waals surface area contributed by atoms with Crippen LogP contribution in [0.25, 0.3) is 0 Å². The number of fused-ring (bicyclic) bond motifs is 1. The van der Waals surface area contributed by atoms with Crippen LogP contribution >= 0.6 is 0 Å². The fourth-order valence-electron chi connectivity index (χ4n) is 1.89. The van der Waals surface area contributed by atoms with E-state index in [1.165, 1.54) is 12.0 Å². The minimum absolute atomic E-state index is 0.304. The summed E-state index contributed by atoms with van der Waals surface area (Å²) in [5.41, 5.74) is 2.86. The molecular formula is C14H19NO3. The molecule has 0 saturated carbocycles. The molecule has 0 saturated heterocycles. The maximum absolute atomic E-state index is 9.15. The quantitative estimate of drug-likeness (QED) is 0.771. The number of para-hydroxylation sites is 1. The molecule has 1 N–H and O–H groups in total. The lowest BCUT2D eigenvalue weighted by Gasteiger charge is -2.31. The number of benzene rings is 1. The van der Waals surface area contributed by atoms with E-state index in [-0.39, 0.29) is 0 Å². The molecule has 1 aliphatic rings. The number of carbonyl (C=O) groups is 1. The highest BCUT2D eigenvalue weighted by atomic mass is 16.6. The van der Waals surface area contributed by atoms with Gasteiger partial charge in [0.2, 0.25) is 0 Å². The number of nitrogens with zero attached hydrogens (tertiary/aromatic N) is 1. The van der Waals surface area contributed by atoms with E-state index in [1.807, 2.05) is 6.21 Å². The Kier molecular flexibility index (Phi) is 4.89. The maximum Gasteiger partial charge on any atom is 0.505 e. The predicted molar refractivity (Wildman–Crippen MR) is 71.9 cm³/mol. The van der Waals surface area contributed by atoms with Crippen LogP contribution in [0.3, 0.4) is 0 Å². The molecule has 4 nitrogen and oxygen atoms in total. The summed E-state index contributed by atoms with van der Waals surface area (Å²) in [6, 6.07) is 8.46. The van der Waals surface area contributed by atoms with E-state index in [1.54, 1.807) is 0 Å². The molecule has 1 heterocycles. The van der Waals surface area contributed by atoms with Crippen LogP contribution in [-0.4, -0.2) is 24.6 Å². The summed E-state index contributed by atoms with van der Waals surface area (Å²) >= 11 is 0. The Bertz CT molecular complexity index is 442. The van der Waals surface area contributed by atoms with Gasteiger partial charge in [-0.1, -0.05) is 32.0 Å². The molecular weight excluding hydrogens is 230 g/mol. The summed E-state index contributed by atoms with van der Waals surface area (Å²) in [6.07, 6.45) is 3.05. The third kappa shape index (κ3) is 3.32. The van der Waals surface area contributed by atoms with Gasteiger partial charge in [0.05, 0.1) is 12.8 Å². The van der Waals surface area contributed by atoms with Crippen LogP contribution in [0.1, 0.15) is 32.3 Å². The van der Waals surface area contributed by atoms with Gasteiger partial charge in [0.1, 0.15) is 0 Å². The van der Waals surface area contributed by atoms with Crippen LogP contribution in [0.2, 0.25) is 0 Å². The van der Waals surface area contributed by atoms with Crippen molar-refractivity contribution in [3.05, 3.63) is 29.8 Å². The van der Waals surface area contributed by atoms with Gasteiger partial charge < -0.3 is 9.84 Å². The molecule has 1 aromatic rings. The molecule has 1 atom stereocenters. The highest BCUT2D eigenvalue weighted by Crippen LogP contribution is 2.39. The molecule has 0 bridgehead atoms. The SMILES string of the molecule is CCC1(C)CC=Nc2ccccc21.COC(=O)O. The number of aliphatic imine (C=N–C) groups is 1. The lowest BCUT2D eigenvalue weighted by atomic mass is 9.75. The van der Waals surface area contributed by atoms with Crippen molar-refractivity contribution in [3.63, 3.8) is 0 Å². The third-order valence-corrected chi connectivity index (χ3v) is 3.28. The average Bonchev–Trinajstić information content (AvgIpc) is 2.40. The minimum Gasteiger partial charge on any atom is -0.450 e. The molecule has 0 spiro atoms. The molecule has 1 unspecified atom stereocenters. The number of methoxy groups -OCH3 is 1. The van der Waals surface area contributed by atoms with Crippen LogP contribution in [0, 0.1) is 0 Å². The monoisotopic (exact) mass is 249 g/mol. The van der Waals surface area contributed by atoms with Gasteiger partial charge in [0.25, 0.3) is 0 Å². The van der Waals surface area contributed by atoms with E-state index < -0.39 is 6.16 Å². The van der Waals surface area contributed by atoms with E-state index >= 15 is 0 Å². The molecule has 98 valence electrons. The Morgan fingerprint density at radius 1 is 1.50 bits per heavy atom. The summed E-state index contributed by atoms with van der Waals surface area (Å²) < 4.78 is 3.67. The van der Waals surface area contributed by atoms with E-state index in [4.69, 9.17) is 9.90 Å². The Morgan fingerprint density at radius 2 is 2.11 bits per heavy atom. The Balaban J connectivity index is 0.000000280. The van der Waals surface area contributed by atoms with Crippen molar-refractivity contribution < 1.29 is 14.6 Å². The standard InChI is InChI=1S/C12H15N.C2H4O3/c1-3-12(2)8-9-13-11-7-5-4-6-10(11)12;1-5-2(3)4/h4-7,9H,3,8H2,1-2H3;1H3,(H,3,4). The number of ether oxygens (including phenoxy) is 1. The van der Waals surface area contributed by atoms with Crippen LogP contribution in [0.5, 0.6) is 0 Å². The largest absolute Gasteiger partial charge is 0.505 e. The summed E-state index contributed by atoms with van der Waals surface area (Å²) in [4.78, 5) is 13.6. The Hall–Kier alpha value is -1.84. The molecule has 0 fully saturated rings. The molecule has 2 rings (SSSR count). The van der Waals surface area contributed by atoms with Gasteiger partial charge in [0, 0.05) is 6.21 Å². The number of hydrogen-bond donors (Lipinski definition) is 1. The second-order valence-corrected chi connectivity index (χ2v) is 4.42. The van der Waals surface area contributed by atoms with Crippen molar-refractivity contribution in [2.45, 2.75) is 32.1 Å². The first-order chi connectivity index (χ1) is 8.53. The number of rotatable bonds is 1.